The minimum absolute atomic E-state index is 0.0623. The summed E-state index contributed by atoms with van der Waals surface area (Å²) in [4.78, 5) is 24.1. The van der Waals surface area contributed by atoms with E-state index in [2.05, 4.69) is 10.1 Å². The normalized spacial score (nSPS) is 11.6. The van der Waals surface area contributed by atoms with Crippen molar-refractivity contribution >= 4 is 17.6 Å². The minimum atomic E-state index is -3.02. The molecule has 6 nitrogen and oxygen atoms in total. The Morgan fingerprint density at radius 1 is 1.10 bits per heavy atom. The second-order valence-electron chi connectivity index (χ2n) is 6.26. The Morgan fingerprint density at radius 3 is 2.59 bits per heavy atom. The number of aryl methyl sites for hydroxylation is 1. The van der Waals surface area contributed by atoms with Crippen LogP contribution in [-0.2, 0) is 14.3 Å². The summed E-state index contributed by atoms with van der Waals surface area (Å²) in [5, 5.41) is 2.42. The van der Waals surface area contributed by atoms with Gasteiger partial charge in [0.05, 0.1) is 12.3 Å². The van der Waals surface area contributed by atoms with Crippen molar-refractivity contribution in [2.24, 2.45) is 0 Å². The van der Waals surface area contributed by atoms with Gasteiger partial charge < -0.3 is 19.5 Å². The monoisotopic (exact) mass is 407 g/mol. The number of benzene rings is 2. The van der Waals surface area contributed by atoms with Crippen LogP contribution in [0.15, 0.2) is 48.5 Å². The van der Waals surface area contributed by atoms with E-state index >= 15 is 0 Å². The smallest absolute Gasteiger partial charge is 0.387 e. The topological polar surface area (TPSA) is 73.9 Å². The molecule has 0 aliphatic rings. The summed E-state index contributed by atoms with van der Waals surface area (Å²) in [6, 6.07) is 13.3. The largest absolute Gasteiger partial charge is 0.494 e. The average Bonchev–Trinajstić information content (AvgIpc) is 2.66. The molecule has 0 aliphatic heterocycles. The third kappa shape index (κ3) is 7.77. The third-order valence-electron chi connectivity index (χ3n) is 3.82. The number of rotatable bonds is 10. The Balaban J connectivity index is 1.75. The number of esters is 1. The van der Waals surface area contributed by atoms with Crippen LogP contribution in [0.4, 0.5) is 14.5 Å². The van der Waals surface area contributed by atoms with Gasteiger partial charge in [-0.25, -0.2) is 0 Å². The van der Waals surface area contributed by atoms with E-state index < -0.39 is 24.6 Å². The number of amides is 1. The fraction of sp³-hybridized carbons (Fsp3) is 0.333. The van der Waals surface area contributed by atoms with Gasteiger partial charge in [0.1, 0.15) is 11.5 Å². The highest BCUT2D eigenvalue weighted by molar-refractivity contribution is 5.96. The lowest BCUT2D eigenvalue weighted by Gasteiger charge is -2.15. The first-order valence-electron chi connectivity index (χ1n) is 9.09. The molecule has 1 N–H and O–H groups in total. The average molecular weight is 407 g/mol. The van der Waals surface area contributed by atoms with Gasteiger partial charge in [0.25, 0.3) is 5.91 Å². The second-order valence-corrected chi connectivity index (χ2v) is 6.26. The maximum atomic E-state index is 12.4. The van der Waals surface area contributed by atoms with Crippen LogP contribution in [0.25, 0.3) is 0 Å². The van der Waals surface area contributed by atoms with Gasteiger partial charge in [0.15, 0.2) is 6.10 Å². The lowest BCUT2D eigenvalue weighted by Crippen LogP contribution is -2.30. The Bertz CT molecular complexity index is 828. The van der Waals surface area contributed by atoms with Crippen molar-refractivity contribution in [3.63, 3.8) is 0 Å². The Hall–Kier alpha value is -3.16. The first-order chi connectivity index (χ1) is 13.8. The molecule has 2 rings (SSSR count). The van der Waals surface area contributed by atoms with Gasteiger partial charge >= 0.3 is 12.6 Å². The van der Waals surface area contributed by atoms with Crippen molar-refractivity contribution in [2.45, 2.75) is 39.4 Å². The molecule has 0 radical (unpaired) electrons. The number of nitrogens with one attached hydrogen (secondary N) is 1. The fourth-order valence-corrected chi connectivity index (χ4v) is 2.42. The summed E-state index contributed by atoms with van der Waals surface area (Å²) in [7, 11) is 0. The number of para-hydroxylation sites is 2. The summed E-state index contributed by atoms with van der Waals surface area (Å²) < 4.78 is 39.8. The van der Waals surface area contributed by atoms with Crippen LogP contribution in [0.3, 0.4) is 0 Å². The van der Waals surface area contributed by atoms with Crippen LogP contribution in [-0.4, -0.2) is 31.2 Å². The van der Waals surface area contributed by atoms with Crippen molar-refractivity contribution in [1.82, 2.24) is 0 Å². The molecule has 1 amide bonds. The molecular formula is C21H23F2NO5. The van der Waals surface area contributed by atoms with Crippen LogP contribution in [0.1, 0.15) is 25.3 Å². The quantitative estimate of drug-likeness (QED) is 0.469. The van der Waals surface area contributed by atoms with Crippen molar-refractivity contribution < 1.29 is 32.6 Å². The molecular weight excluding hydrogens is 384 g/mol. The maximum Gasteiger partial charge on any atom is 0.387 e. The molecule has 29 heavy (non-hydrogen) atoms. The molecule has 0 unspecified atom stereocenters. The van der Waals surface area contributed by atoms with Crippen LogP contribution in [0.2, 0.25) is 0 Å². The second kappa shape index (κ2) is 11.0. The number of hydrogen-bond donors (Lipinski definition) is 1. The molecule has 0 aromatic heterocycles. The lowest BCUT2D eigenvalue weighted by molar-refractivity contribution is -0.153. The van der Waals surface area contributed by atoms with E-state index in [1.807, 2.05) is 31.2 Å². The molecule has 1 atom stereocenters. The summed E-state index contributed by atoms with van der Waals surface area (Å²) >= 11 is 0. The number of carbonyl (C=O) groups is 2. The number of carbonyl (C=O) groups excluding carboxylic acids is 2. The molecule has 0 spiro atoms. The third-order valence-corrected chi connectivity index (χ3v) is 3.82. The van der Waals surface area contributed by atoms with Crippen LogP contribution in [0, 0.1) is 6.92 Å². The predicted molar refractivity (Wildman–Crippen MR) is 103 cm³/mol. The van der Waals surface area contributed by atoms with E-state index in [9.17, 15) is 18.4 Å². The van der Waals surface area contributed by atoms with E-state index in [0.717, 1.165) is 11.3 Å². The van der Waals surface area contributed by atoms with Crippen LogP contribution >= 0.6 is 0 Å². The first kappa shape index (κ1) is 22.1. The zero-order valence-electron chi connectivity index (χ0n) is 16.2. The van der Waals surface area contributed by atoms with Crippen molar-refractivity contribution in [1.29, 1.82) is 0 Å². The zero-order valence-corrected chi connectivity index (χ0v) is 16.2. The summed E-state index contributed by atoms with van der Waals surface area (Å²) in [6.45, 7) is 0.657. The summed E-state index contributed by atoms with van der Waals surface area (Å²) in [5.41, 5.74) is 1.13. The summed E-state index contributed by atoms with van der Waals surface area (Å²) in [5.74, 6) is -0.671. The van der Waals surface area contributed by atoms with Gasteiger partial charge in [-0.15, -0.1) is 0 Å². The maximum absolute atomic E-state index is 12.4. The molecule has 0 heterocycles. The predicted octanol–water partition coefficient (Wildman–Crippen LogP) is 4.33. The van der Waals surface area contributed by atoms with E-state index in [1.165, 1.54) is 25.1 Å². The van der Waals surface area contributed by atoms with Gasteiger partial charge in [-0.2, -0.15) is 8.78 Å². The van der Waals surface area contributed by atoms with Crippen LogP contribution in [0.5, 0.6) is 11.5 Å². The Morgan fingerprint density at radius 2 is 1.86 bits per heavy atom. The Labute approximate surface area is 167 Å². The van der Waals surface area contributed by atoms with Crippen molar-refractivity contribution in [3.05, 3.63) is 54.1 Å². The minimum Gasteiger partial charge on any atom is -0.494 e. The van der Waals surface area contributed by atoms with E-state index in [-0.39, 0.29) is 17.9 Å². The molecule has 0 fully saturated rings. The van der Waals surface area contributed by atoms with Crippen LogP contribution < -0.4 is 14.8 Å². The highest BCUT2D eigenvalue weighted by Gasteiger charge is 2.19. The van der Waals surface area contributed by atoms with Gasteiger partial charge in [-0.3, -0.25) is 9.59 Å². The molecule has 156 valence electrons. The molecule has 0 aliphatic carbocycles. The van der Waals surface area contributed by atoms with Crippen molar-refractivity contribution in [2.75, 3.05) is 11.9 Å². The van der Waals surface area contributed by atoms with E-state index in [0.29, 0.717) is 13.0 Å². The lowest BCUT2D eigenvalue weighted by atomic mass is 10.2. The Kier molecular flexibility index (Phi) is 8.39. The number of halogens is 2. The molecule has 8 heteroatoms. The van der Waals surface area contributed by atoms with Crippen molar-refractivity contribution in [3.8, 4) is 11.5 Å². The highest BCUT2D eigenvalue weighted by atomic mass is 19.3. The molecule has 0 bridgehead atoms. The number of anilines is 1. The van der Waals surface area contributed by atoms with E-state index in [4.69, 9.17) is 9.47 Å². The zero-order chi connectivity index (χ0) is 21.2. The van der Waals surface area contributed by atoms with E-state index in [1.54, 1.807) is 6.07 Å². The van der Waals surface area contributed by atoms with Gasteiger partial charge in [-0.05, 0) is 50.1 Å². The summed E-state index contributed by atoms with van der Waals surface area (Å²) in [6.07, 6.45) is -0.597. The van der Waals surface area contributed by atoms with Gasteiger partial charge in [-0.1, -0.05) is 24.3 Å². The highest BCUT2D eigenvalue weighted by Crippen LogP contribution is 2.25. The number of ether oxygens (including phenoxy) is 3. The van der Waals surface area contributed by atoms with Gasteiger partial charge in [0, 0.05) is 6.42 Å². The number of hydrogen-bond acceptors (Lipinski definition) is 5. The molecule has 2 aromatic carbocycles. The molecule has 0 saturated carbocycles. The SMILES string of the molecule is Cc1cccc(OCCCC(=O)O[C@H](C)C(=O)Nc2ccccc2OC(F)F)c1. The first-order valence-corrected chi connectivity index (χ1v) is 9.09. The van der Waals surface area contributed by atoms with Gasteiger partial charge in [0.2, 0.25) is 0 Å². The fourth-order valence-electron chi connectivity index (χ4n) is 2.42. The molecule has 0 saturated heterocycles. The standard InChI is InChI=1S/C21H23F2NO5/c1-14-7-5-8-16(13-14)27-12-6-11-19(25)28-15(2)20(26)24-17-9-3-4-10-18(17)29-21(22)23/h3-5,7-10,13,15,21H,6,11-12H2,1-2H3,(H,24,26)/t15-/m1/s1. The number of alkyl halides is 2. The molecule has 2 aromatic rings.